The Morgan fingerprint density at radius 1 is 1.26 bits per heavy atom. The number of ether oxygens (including phenoxy) is 1. The first-order chi connectivity index (χ1) is 12.8. The molecule has 2 aromatic heterocycles. The van der Waals surface area contributed by atoms with Gasteiger partial charge in [0.1, 0.15) is 5.75 Å². The molecule has 3 N–H and O–H groups in total. The van der Waals surface area contributed by atoms with Gasteiger partial charge in [-0.3, -0.25) is 23.9 Å². The number of aromatic nitrogens is 4. The second-order valence-corrected chi connectivity index (χ2v) is 6.18. The summed E-state index contributed by atoms with van der Waals surface area (Å²) in [7, 11) is 4.61. The molecular weight excluding hydrogens is 370 g/mol. The number of hydrazone groups is 1. The topological polar surface area (TPSA) is 121 Å². The summed E-state index contributed by atoms with van der Waals surface area (Å²) in [6.45, 7) is 0. The fourth-order valence-corrected chi connectivity index (χ4v) is 2.58. The third kappa shape index (κ3) is 3.44. The highest BCUT2D eigenvalue weighted by molar-refractivity contribution is 7.80. The van der Waals surface area contributed by atoms with Gasteiger partial charge in [-0.25, -0.2) is 4.79 Å². The molecule has 3 aromatic rings. The number of aryl methyl sites for hydroxylation is 2. The van der Waals surface area contributed by atoms with Gasteiger partial charge in [-0.1, -0.05) is 12.1 Å². The molecular formula is C16H17N7O3S. The van der Waals surface area contributed by atoms with Crippen molar-refractivity contribution in [3.63, 3.8) is 0 Å². The Labute approximate surface area is 158 Å². The summed E-state index contributed by atoms with van der Waals surface area (Å²) < 4.78 is 9.64. The third-order valence-corrected chi connectivity index (χ3v) is 3.98. The van der Waals surface area contributed by atoms with Crippen molar-refractivity contribution >= 4 is 34.7 Å². The average molecular weight is 387 g/mol. The minimum Gasteiger partial charge on any atom is -0.425 e. The van der Waals surface area contributed by atoms with Crippen LogP contribution in [0.1, 0.15) is 5.56 Å². The summed E-state index contributed by atoms with van der Waals surface area (Å²) in [4.78, 5) is 28.8. The standard InChI is InChI=1S/C16H17N7O3S/c1-21-11-12(22(2)16(25)23(3)13(11)24)19-15(21)26-10-6-4-5-9(7-10)8-18-20-14(17)27/h4-8H,1-3H3,(H3,17,20,27). The SMILES string of the molecule is Cn1c(=O)c2c(nc(Oc3cccc(C=NNC(N)=S)c3)n2C)n(C)c1=O. The summed E-state index contributed by atoms with van der Waals surface area (Å²) >= 11 is 4.67. The quantitative estimate of drug-likeness (QED) is 0.365. The zero-order valence-corrected chi connectivity index (χ0v) is 15.6. The van der Waals surface area contributed by atoms with Crippen LogP contribution >= 0.6 is 12.2 Å². The highest BCUT2D eigenvalue weighted by atomic mass is 32.1. The molecule has 0 aliphatic rings. The predicted octanol–water partition coefficient (Wildman–Crippen LogP) is -0.0699. The van der Waals surface area contributed by atoms with Crippen LogP contribution in [0.25, 0.3) is 11.2 Å². The number of imidazole rings is 1. The van der Waals surface area contributed by atoms with Crippen LogP contribution in [0.2, 0.25) is 0 Å². The van der Waals surface area contributed by atoms with Gasteiger partial charge < -0.3 is 10.5 Å². The Balaban J connectivity index is 2.00. The van der Waals surface area contributed by atoms with Gasteiger partial charge in [0, 0.05) is 21.1 Å². The summed E-state index contributed by atoms with van der Waals surface area (Å²) in [6, 6.07) is 7.22. The maximum atomic E-state index is 12.4. The van der Waals surface area contributed by atoms with E-state index in [1.54, 1.807) is 32.3 Å². The molecule has 0 spiro atoms. The van der Waals surface area contributed by atoms with E-state index in [4.69, 9.17) is 10.5 Å². The van der Waals surface area contributed by atoms with Crippen LogP contribution in [0, 0.1) is 0 Å². The number of hydrogen-bond donors (Lipinski definition) is 2. The van der Waals surface area contributed by atoms with Crippen LogP contribution < -0.4 is 27.1 Å². The van der Waals surface area contributed by atoms with Gasteiger partial charge in [0.25, 0.3) is 5.56 Å². The molecule has 0 amide bonds. The normalized spacial score (nSPS) is 11.2. The van der Waals surface area contributed by atoms with Gasteiger partial charge >= 0.3 is 11.7 Å². The van der Waals surface area contributed by atoms with Crippen molar-refractivity contribution in [1.82, 2.24) is 24.1 Å². The van der Waals surface area contributed by atoms with Crippen molar-refractivity contribution in [3.8, 4) is 11.8 Å². The van der Waals surface area contributed by atoms with Gasteiger partial charge in [-0.2, -0.15) is 10.1 Å². The molecule has 11 heteroatoms. The first-order valence-corrected chi connectivity index (χ1v) is 8.19. The number of rotatable bonds is 4. The van der Waals surface area contributed by atoms with Gasteiger partial charge in [-0.15, -0.1) is 0 Å². The molecule has 140 valence electrons. The third-order valence-electron chi connectivity index (χ3n) is 3.89. The summed E-state index contributed by atoms with van der Waals surface area (Å²) in [5.74, 6) is 0.481. The minimum absolute atomic E-state index is 0.0607. The summed E-state index contributed by atoms with van der Waals surface area (Å²) in [5, 5.41) is 3.95. The molecule has 1 aromatic carbocycles. The molecule has 0 fully saturated rings. The monoisotopic (exact) mass is 387 g/mol. The first kappa shape index (κ1) is 18.3. The van der Waals surface area contributed by atoms with Gasteiger partial charge in [0.05, 0.1) is 6.21 Å². The number of benzene rings is 1. The smallest absolute Gasteiger partial charge is 0.332 e. The second kappa shape index (κ2) is 7.03. The highest BCUT2D eigenvalue weighted by Crippen LogP contribution is 2.23. The van der Waals surface area contributed by atoms with Gasteiger partial charge in [0.2, 0.25) is 0 Å². The molecule has 0 unspecified atom stereocenters. The van der Waals surface area contributed by atoms with E-state index in [1.165, 1.54) is 22.4 Å². The Hall–Kier alpha value is -3.47. The Morgan fingerprint density at radius 3 is 2.70 bits per heavy atom. The van der Waals surface area contributed by atoms with Crippen LogP contribution in [0.15, 0.2) is 39.0 Å². The maximum absolute atomic E-state index is 12.4. The van der Waals surface area contributed by atoms with Crippen molar-refractivity contribution < 1.29 is 4.74 Å². The first-order valence-electron chi connectivity index (χ1n) is 7.78. The van der Waals surface area contributed by atoms with Crippen LogP contribution in [-0.4, -0.2) is 30.0 Å². The molecule has 0 radical (unpaired) electrons. The zero-order chi connectivity index (χ0) is 19.7. The van der Waals surface area contributed by atoms with Crippen molar-refractivity contribution in [3.05, 3.63) is 50.7 Å². The lowest BCUT2D eigenvalue weighted by Gasteiger charge is -2.05. The molecule has 0 aliphatic carbocycles. The lowest BCUT2D eigenvalue weighted by molar-refractivity contribution is 0.427. The maximum Gasteiger partial charge on any atom is 0.332 e. The molecule has 0 saturated heterocycles. The van der Waals surface area contributed by atoms with Crippen LogP contribution in [-0.2, 0) is 21.1 Å². The largest absolute Gasteiger partial charge is 0.425 e. The molecule has 2 heterocycles. The number of nitrogens with zero attached hydrogens (tertiary/aromatic N) is 5. The molecule has 3 rings (SSSR count). The van der Waals surface area contributed by atoms with E-state index in [1.807, 2.05) is 6.07 Å². The minimum atomic E-state index is -0.458. The Bertz CT molecular complexity index is 1190. The van der Waals surface area contributed by atoms with E-state index in [0.717, 1.165) is 10.1 Å². The average Bonchev–Trinajstić information content (AvgIpc) is 2.95. The van der Waals surface area contributed by atoms with E-state index in [2.05, 4.69) is 27.7 Å². The predicted molar refractivity (Wildman–Crippen MR) is 105 cm³/mol. The van der Waals surface area contributed by atoms with Crippen LogP contribution in [0.4, 0.5) is 0 Å². The lowest BCUT2D eigenvalue weighted by atomic mass is 10.2. The number of nitrogens with two attached hydrogens (primary N) is 1. The van der Waals surface area contributed by atoms with Crippen LogP contribution in [0.3, 0.4) is 0 Å². The highest BCUT2D eigenvalue weighted by Gasteiger charge is 2.18. The molecule has 0 saturated carbocycles. The fraction of sp³-hybridized carbons (Fsp3) is 0.188. The van der Waals surface area contributed by atoms with E-state index >= 15 is 0 Å². The van der Waals surface area contributed by atoms with E-state index in [0.29, 0.717) is 5.75 Å². The molecule has 27 heavy (non-hydrogen) atoms. The molecule has 10 nitrogen and oxygen atoms in total. The van der Waals surface area contributed by atoms with Gasteiger partial charge in [-0.05, 0) is 29.9 Å². The number of hydrogen-bond acceptors (Lipinski definition) is 6. The Kier molecular flexibility index (Phi) is 4.77. The molecule has 0 aliphatic heterocycles. The molecule has 0 atom stereocenters. The summed E-state index contributed by atoms with van der Waals surface area (Å²) in [5.41, 5.74) is 8.13. The molecule has 0 bridgehead atoms. The van der Waals surface area contributed by atoms with Crippen molar-refractivity contribution in [2.24, 2.45) is 32.0 Å². The lowest BCUT2D eigenvalue weighted by Crippen LogP contribution is -2.37. The van der Waals surface area contributed by atoms with Gasteiger partial charge in [0.15, 0.2) is 16.3 Å². The fourth-order valence-electron chi connectivity index (χ4n) is 2.52. The van der Waals surface area contributed by atoms with E-state index < -0.39 is 11.2 Å². The Morgan fingerprint density at radius 2 is 2.00 bits per heavy atom. The van der Waals surface area contributed by atoms with E-state index in [-0.39, 0.29) is 22.3 Å². The van der Waals surface area contributed by atoms with Crippen molar-refractivity contribution in [1.29, 1.82) is 0 Å². The van der Waals surface area contributed by atoms with Crippen LogP contribution in [0.5, 0.6) is 11.8 Å². The second-order valence-electron chi connectivity index (χ2n) is 5.74. The zero-order valence-electron chi connectivity index (χ0n) is 14.8. The number of nitrogens with one attached hydrogen (secondary N) is 1. The summed E-state index contributed by atoms with van der Waals surface area (Å²) in [6.07, 6.45) is 1.53. The van der Waals surface area contributed by atoms with Crippen molar-refractivity contribution in [2.75, 3.05) is 0 Å². The number of fused-ring (bicyclic) bond motifs is 1. The van der Waals surface area contributed by atoms with E-state index in [9.17, 15) is 9.59 Å². The number of thiocarbonyl (C=S) groups is 1. The van der Waals surface area contributed by atoms with Crippen molar-refractivity contribution in [2.45, 2.75) is 0 Å².